The molecule has 0 spiro atoms. The molecule has 3 aromatic rings. The largest absolute Gasteiger partial charge is 0.472 e. The van der Waals surface area contributed by atoms with Gasteiger partial charge in [0.1, 0.15) is 18.3 Å². The molecule has 1 N–H and O–H groups in total. The Morgan fingerprint density at radius 3 is 2.59 bits per heavy atom. The van der Waals surface area contributed by atoms with Crippen LogP contribution in [-0.4, -0.2) is 78.4 Å². The van der Waals surface area contributed by atoms with Crippen LogP contribution >= 0.6 is 0 Å². The second-order valence-electron chi connectivity index (χ2n) is 10.2. The van der Waals surface area contributed by atoms with E-state index in [4.69, 9.17) is 9.47 Å². The summed E-state index contributed by atoms with van der Waals surface area (Å²) in [7, 11) is 3.65. The highest BCUT2D eigenvalue weighted by Gasteiger charge is 2.34. The van der Waals surface area contributed by atoms with Gasteiger partial charge < -0.3 is 19.5 Å². The van der Waals surface area contributed by atoms with Crippen molar-refractivity contribution in [1.82, 2.24) is 14.8 Å². The number of methoxy groups -OCH3 is 1. The molecule has 1 aliphatic rings. The minimum absolute atomic E-state index is 0.0157. The Bertz CT molecular complexity index is 1300. The summed E-state index contributed by atoms with van der Waals surface area (Å²) in [5, 5.41) is 9.88. The van der Waals surface area contributed by atoms with E-state index in [0.717, 1.165) is 6.54 Å². The second-order valence-corrected chi connectivity index (χ2v) is 10.2. The van der Waals surface area contributed by atoms with E-state index in [1.54, 1.807) is 24.3 Å². The van der Waals surface area contributed by atoms with Crippen molar-refractivity contribution in [2.45, 2.75) is 32.5 Å². The fourth-order valence-corrected chi connectivity index (χ4v) is 4.72. The van der Waals surface area contributed by atoms with Gasteiger partial charge in [-0.1, -0.05) is 73.4 Å². The first-order chi connectivity index (χ1) is 18.9. The van der Waals surface area contributed by atoms with Crippen LogP contribution in [0.3, 0.4) is 0 Å². The van der Waals surface area contributed by atoms with E-state index < -0.39 is 0 Å². The van der Waals surface area contributed by atoms with Crippen LogP contribution in [0.1, 0.15) is 35.3 Å². The third-order valence-corrected chi connectivity index (χ3v) is 6.98. The van der Waals surface area contributed by atoms with Gasteiger partial charge in [-0.2, -0.15) is 0 Å². The molecule has 1 amide bonds. The van der Waals surface area contributed by atoms with Crippen molar-refractivity contribution in [3.63, 3.8) is 0 Å². The summed E-state index contributed by atoms with van der Waals surface area (Å²) in [4.78, 5) is 22.0. The van der Waals surface area contributed by atoms with E-state index >= 15 is 0 Å². The van der Waals surface area contributed by atoms with Crippen LogP contribution in [0.25, 0.3) is 11.1 Å². The first-order valence-electron chi connectivity index (χ1n) is 13.3. The Morgan fingerprint density at radius 2 is 1.90 bits per heavy atom. The van der Waals surface area contributed by atoms with Crippen LogP contribution in [0.15, 0.2) is 66.9 Å². The van der Waals surface area contributed by atoms with Crippen molar-refractivity contribution in [3.8, 4) is 28.8 Å². The van der Waals surface area contributed by atoms with E-state index in [0.29, 0.717) is 30.1 Å². The molecule has 2 aromatic carbocycles. The number of fused-ring (bicyclic) bond motifs is 1. The molecule has 2 heterocycles. The molecule has 204 valence electrons. The molecule has 0 fully saturated rings. The number of aliphatic hydroxyl groups excluding tert-OH is 1. The highest BCUT2D eigenvalue weighted by atomic mass is 16.5. The first-order valence-corrected chi connectivity index (χ1v) is 13.3. The fraction of sp³-hybridized carbons (Fsp3) is 0.375. The van der Waals surface area contributed by atoms with Gasteiger partial charge in [0.25, 0.3) is 5.91 Å². The third kappa shape index (κ3) is 7.24. The zero-order valence-electron chi connectivity index (χ0n) is 23.1. The third-order valence-electron chi connectivity index (χ3n) is 6.98. The van der Waals surface area contributed by atoms with E-state index in [1.807, 2.05) is 25.1 Å². The van der Waals surface area contributed by atoms with Gasteiger partial charge in [0.15, 0.2) is 0 Å². The molecule has 7 nitrogen and oxygen atoms in total. The average molecular weight is 528 g/mol. The molecule has 0 bridgehead atoms. The fourth-order valence-electron chi connectivity index (χ4n) is 4.72. The molecule has 0 aliphatic carbocycles. The lowest BCUT2D eigenvalue weighted by molar-refractivity contribution is 0.0325. The Kier molecular flexibility index (Phi) is 9.72. The van der Waals surface area contributed by atoms with E-state index in [2.05, 4.69) is 72.1 Å². The standard InChI is InChI=1S/C32H37N3O4/c1-23-19-35(24(2)22-36)32(37)29-17-26(9-8-16-38-4)18-33-31(29)39-30(23)21-34(3)20-25-12-14-28(15-13-25)27-10-6-5-7-11-27/h5-7,10-15,17-18,23-24,30,36H,16,19-22H2,1-4H3/t23-,24-,30+/m1/s1. The zero-order valence-corrected chi connectivity index (χ0v) is 23.1. The van der Waals surface area contributed by atoms with Crippen molar-refractivity contribution < 1.29 is 19.4 Å². The predicted molar refractivity (Wildman–Crippen MR) is 152 cm³/mol. The number of ether oxygens (including phenoxy) is 2. The summed E-state index contributed by atoms with van der Waals surface area (Å²) in [5.74, 6) is 5.98. The molecule has 4 rings (SSSR count). The Morgan fingerprint density at radius 1 is 1.18 bits per heavy atom. The molecule has 0 radical (unpaired) electrons. The van der Waals surface area contributed by atoms with Crippen LogP contribution in [0.5, 0.6) is 5.88 Å². The Balaban J connectivity index is 1.53. The molecule has 1 aromatic heterocycles. The summed E-state index contributed by atoms with van der Waals surface area (Å²) in [6.07, 6.45) is 1.41. The topological polar surface area (TPSA) is 75.1 Å². The summed E-state index contributed by atoms with van der Waals surface area (Å²) in [6, 6.07) is 20.3. The van der Waals surface area contributed by atoms with Gasteiger partial charge >= 0.3 is 0 Å². The molecule has 1 aliphatic heterocycles. The molecule has 0 saturated heterocycles. The van der Waals surface area contributed by atoms with Crippen LogP contribution in [0.4, 0.5) is 0 Å². The second kappa shape index (κ2) is 13.4. The maximum Gasteiger partial charge on any atom is 0.259 e. The number of aromatic nitrogens is 1. The zero-order chi connectivity index (χ0) is 27.8. The number of hydrogen-bond acceptors (Lipinski definition) is 6. The van der Waals surface area contributed by atoms with Crippen LogP contribution in [0, 0.1) is 17.8 Å². The first kappa shape index (κ1) is 28.3. The minimum atomic E-state index is -0.337. The summed E-state index contributed by atoms with van der Waals surface area (Å²) in [5.41, 5.74) is 4.57. The van der Waals surface area contributed by atoms with Crippen molar-refractivity contribution >= 4 is 5.91 Å². The van der Waals surface area contributed by atoms with Crippen LogP contribution in [-0.2, 0) is 11.3 Å². The number of pyridine rings is 1. The lowest BCUT2D eigenvalue weighted by Gasteiger charge is -2.37. The average Bonchev–Trinajstić information content (AvgIpc) is 2.95. The number of carbonyl (C=O) groups excluding carboxylic acids is 1. The molecule has 39 heavy (non-hydrogen) atoms. The minimum Gasteiger partial charge on any atom is -0.472 e. The molecular formula is C32H37N3O4. The highest BCUT2D eigenvalue weighted by molar-refractivity contribution is 5.97. The number of hydrogen-bond donors (Lipinski definition) is 1. The van der Waals surface area contributed by atoms with Gasteiger partial charge in [-0.25, -0.2) is 4.98 Å². The number of nitrogens with zero attached hydrogens (tertiary/aromatic N) is 3. The lowest BCUT2D eigenvalue weighted by Crippen LogP contribution is -2.49. The maximum absolute atomic E-state index is 13.5. The molecular weight excluding hydrogens is 490 g/mol. The predicted octanol–water partition coefficient (Wildman–Crippen LogP) is 4.10. The van der Waals surface area contributed by atoms with Crippen LogP contribution < -0.4 is 4.74 Å². The van der Waals surface area contributed by atoms with Crippen molar-refractivity contribution in [2.75, 3.05) is 40.5 Å². The SMILES string of the molecule is COCC#Cc1cnc2c(c1)C(=O)N([C@H](C)CO)C[C@@H](C)[C@H](CN(C)Cc1ccc(-c3ccccc3)cc1)O2. The van der Waals surface area contributed by atoms with Gasteiger partial charge in [0.2, 0.25) is 5.88 Å². The smallest absolute Gasteiger partial charge is 0.259 e. The Hall–Kier alpha value is -3.70. The number of likely N-dealkylation sites (N-methyl/N-ethyl adjacent to an activating group) is 1. The van der Waals surface area contributed by atoms with Crippen molar-refractivity contribution in [1.29, 1.82) is 0 Å². The highest BCUT2D eigenvalue weighted by Crippen LogP contribution is 2.28. The molecule has 0 unspecified atom stereocenters. The maximum atomic E-state index is 13.5. The summed E-state index contributed by atoms with van der Waals surface area (Å²) in [6.45, 7) is 5.95. The monoisotopic (exact) mass is 527 g/mol. The van der Waals surface area contributed by atoms with E-state index in [9.17, 15) is 9.90 Å². The number of aliphatic hydroxyl groups is 1. The van der Waals surface area contributed by atoms with E-state index in [1.165, 1.54) is 16.7 Å². The van der Waals surface area contributed by atoms with Gasteiger partial charge in [-0.3, -0.25) is 9.69 Å². The van der Waals surface area contributed by atoms with Gasteiger partial charge in [-0.05, 0) is 36.7 Å². The number of rotatable bonds is 8. The van der Waals surface area contributed by atoms with Gasteiger partial charge in [-0.15, -0.1) is 0 Å². The molecule has 0 saturated carbocycles. The van der Waals surface area contributed by atoms with Gasteiger partial charge in [0, 0.05) is 44.4 Å². The summed E-state index contributed by atoms with van der Waals surface area (Å²) < 4.78 is 11.4. The molecule has 7 heteroatoms. The normalized spacial score (nSPS) is 17.9. The van der Waals surface area contributed by atoms with E-state index in [-0.39, 0.29) is 37.2 Å². The number of benzene rings is 2. The van der Waals surface area contributed by atoms with Crippen LogP contribution in [0.2, 0.25) is 0 Å². The lowest BCUT2D eigenvalue weighted by atomic mass is 9.99. The summed E-state index contributed by atoms with van der Waals surface area (Å²) >= 11 is 0. The van der Waals surface area contributed by atoms with Gasteiger partial charge in [0.05, 0.1) is 12.6 Å². The number of amides is 1. The van der Waals surface area contributed by atoms with Crippen molar-refractivity contribution in [3.05, 3.63) is 83.6 Å². The van der Waals surface area contributed by atoms with Crippen molar-refractivity contribution in [2.24, 2.45) is 5.92 Å². The number of carbonyl (C=O) groups is 1. The molecule has 3 atom stereocenters. The quantitative estimate of drug-likeness (QED) is 0.445. The Labute approximate surface area is 231 Å².